The van der Waals surface area contributed by atoms with Crippen LogP contribution in [0, 0.1) is 18.3 Å². The summed E-state index contributed by atoms with van der Waals surface area (Å²) in [7, 11) is 2.10. The molecule has 0 atom stereocenters. The Labute approximate surface area is 124 Å². The molecule has 4 heteroatoms. The first-order valence-corrected chi connectivity index (χ1v) is 7.41. The maximum absolute atomic E-state index is 8.73. The van der Waals surface area contributed by atoms with Crippen molar-refractivity contribution in [2.75, 3.05) is 20.2 Å². The highest BCUT2D eigenvalue weighted by atomic mass is 32.1. The summed E-state index contributed by atoms with van der Waals surface area (Å²) >= 11 is 1.80. The Hall–Kier alpha value is -1.83. The van der Waals surface area contributed by atoms with Crippen LogP contribution in [0.3, 0.4) is 0 Å². The van der Waals surface area contributed by atoms with E-state index >= 15 is 0 Å². The van der Waals surface area contributed by atoms with Gasteiger partial charge in [-0.1, -0.05) is 0 Å². The molecule has 1 heterocycles. The molecule has 0 bridgehead atoms. The molecule has 0 aliphatic rings. The highest BCUT2D eigenvalue weighted by Gasteiger charge is 2.04. The van der Waals surface area contributed by atoms with Crippen LogP contribution in [0.15, 0.2) is 35.7 Å². The predicted octanol–water partition coefficient (Wildman–Crippen LogP) is 3.44. The van der Waals surface area contributed by atoms with E-state index in [-0.39, 0.29) is 0 Å². The number of nitriles is 1. The molecule has 2 rings (SSSR count). The number of thiophene rings is 1. The van der Waals surface area contributed by atoms with Gasteiger partial charge in [-0.25, -0.2) is 0 Å². The lowest BCUT2D eigenvalue weighted by atomic mass is 10.2. The first-order chi connectivity index (χ1) is 9.69. The SMILES string of the molecule is Cc1ccsc1CN(C)CCOc1ccc(C#N)cc1. The van der Waals surface area contributed by atoms with Gasteiger partial charge in [-0.3, -0.25) is 4.90 Å². The second-order valence-electron chi connectivity index (χ2n) is 4.75. The summed E-state index contributed by atoms with van der Waals surface area (Å²) in [6.07, 6.45) is 0. The summed E-state index contributed by atoms with van der Waals surface area (Å²) in [5.74, 6) is 0.810. The van der Waals surface area contributed by atoms with Crippen LogP contribution >= 0.6 is 11.3 Å². The summed E-state index contributed by atoms with van der Waals surface area (Å²) in [6, 6.07) is 11.5. The Morgan fingerprint density at radius 2 is 2.00 bits per heavy atom. The van der Waals surface area contributed by atoms with E-state index in [1.54, 1.807) is 23.5 Å². The van der Waals surface area contributed by atoms with E-state index in [9.17, 15) is 0 Å². The average Bonchev–Trinajstić information content (AvgIpc) is 2.85. The van der Waals surface area contributed by atoms with Crippen molar-refractivity contribution in [2.24, 2.45) is 0 Å². The van der Waals surface area contributed by atoms with Gasteiger partial charge in [0.2, 0.25) is 0 Å². The summed E-state index contributed by atoms with van der Waals surface area (Å²) in [4.78, 5) is 3.66. The van der Waals surface area contributed by atoms with Gasteiger partial charge in [-0.2, -0.15) is 5.26 Å². The summed E-state index contributed by atoms with van der Waals surface area (Å²) in [5, 5.41) is 10.9. The van der Waals surface area contributed by atoms with Crippen LogP contribution in [0.1, 0.15) is 16.0 Å². The minimum atomic E-state index is 0.646. The summed E-state index contributed by atoms with van der Waals surface area (Å²) in [5.41, 5.74) is 2.01. The van der Waals surface area contributed by atoms with Gasteiger partial charge in [0.05, 0.1) is 11.6 Å². The van der Waals surface area contributed by atoms with Crippen LogP contribution in [0.25, 0.3) is 0 Å². The van der Waals surface area contributed by atoms with Gasteiger partial charge in [0, 0.05) is 18.0 Å². The number of hydrogen-bond acceptors (Lipinski definition) is 4. The fourth-order valence-corrected chi connectivity index (χ4v) is 2.82. The van der Waals surface area contributed by atoms with E-state index in [4.69, 9.17) is 10.00 Å². The van der Waals surface area contributed by atoms with Crippen molar-refractivity contribution >= 4 is 11.3 Å². The highest BCUT2D eigenvalue weighted by molar-refractivity contribution is 7.10. The van der Waals surface area contributed by atoms with Gasteiger partial charge < -0.3 is 4.74 Å². The molecule has 104 valence electrons. The molecule has 1 aromatic carbocycles. The van der Waals surface area contributed by atoms with Crippen molar-refractivity contribution in [2.45, 2.75) is 13.5 Å². The maximum atomic E-state index is 8.73. The quantitative estimate of drug-likeness (QED) is 0.816. The van der Waals surface area contributed by atoms with Crippen molar-refractivity contribution < 1.29 is 4.74 Å². The zero-order chi connectivity index (χ0) is 14.4. The molecule has 0 amide bonds. The molecule has 0 N–H and O–H groups in total. The molecule has 0 unspecified atom stereocenters. The first-order valence-electron chi connectivity index (χ1n) is 6.53. The van der Waals surface area contributed by atoms with Crippen molar-refractivity contribution in [1.82, 2.24) is 4.90 Å². The average molecular weight is 286 g/mol. The second-order valence-corrected chi connectivity index (χ2v) is 5.75. The van der Waals surface area contributed by atoms with Crippen LogP contribution in [-0.2, 0) is 6.54 Å². The number of nitrogens with zero attached hydrogens (tertiary/aromatic N) is 2. The molecule has 1 aromatic heterocycles. The molecular weight excluding hydrogens is 268 g/mol. The van der Waals surface area contributed by atoms with Crippen LogP contribution < -0.4 is 4.74 Å². The van der Waals surface area contributed by atoms with Gasteiger partial charge in [-0.15, -0.1) is 11.3 Å². The van der Waals surface area contributed by atoms with Crippen LogP contribution in [0.4, 0.5) is 0 Å². The molecule has 0 spiro atoms. The number of aryl methyl sites for hydroxylation is 1. The third kappa shape index (κ3) is 4.09. The molecule has 3 nitrogen and oxygen atoms in total. The fraction of sp³-hybridized carbons (Fsp3) is 0.312. The maximum Gasteiger partial charge on any atom is 0.119 e. The monoisotopic (exact) mass is 286 g/mol. The molecule has 0 saturated carbocycles. The fourth-order valence-electron chi connectivity index (χ4n) is 1.84. The van der Waals surface area contributed by atoms with Crippen molar-refractivity contribution in [3.05, 3.63) is 51.7 Å². The number of ether oxygens (including phenoxy) is 1. The smallest absolute Gasteiger partial charge is 0.119 e. The lowest BCUT2D eigenvalue weighted by molar-refractivity contribution is 0.233. The number of benzene rings is 1. The van der Waals surface area contributed by atoms with Gasteiger partial charge in [0.25, 0.3) is 0 Å². The van der Waals surface area contributed by atoms with Crippen LogP contribution in [0.2, 0.25) is 0 Å². The van der Waals surface area contributed by atoms with Gasteiger partial charge in [-0.05, 0) is 55.2 Å². The van der Waals surface area contributed by atoms with Crippen LogP contribution in [-0.4, -0.2) is 25.1 Å². The normalized spacial score (nSPS) is 10.5. The van der Waals surface area contributed by atoms with E-state index in [0.717, 1.165) is 18.8 Å². The number of hydrogen-bond donors (Lipinski definition) is 0. The molecule has 0 radical (unpaired) electrons. The zero-order valence-electron chi connectivity index (χ0n) is 11.8. The first kappa shape index (κ1) is 14.6. The van der Waals surface area contributed by atoms with Gasteiger partial charge >= 0.3 is 0 Å². The molecule has 0 aliphatic heterocycles. The molecule has 0 aliphatic carbocycles. The second kappa shape index (κ2) is 7.09. The minimum Gasteiger partial charge on any atom is -0.492 e. The summed E-state index contributed by atoms with van der Waals surface area (Å²) in [6.45, 7) is 4.62. The lowest BCUT2D eigenvalue weighted by Gasteiger charge is -2.16. The third-order valence-corrected chi connectivity index (χ3v) is 4.11. The van der Waals surface area contributed by atoms with Crippen molar-refractivity contribution in [3.63, 3.8) is 0 Å². The van der Waals surface area contributed by atoms with E-state index < -0.39 is 0 Å². The molecule has 2 aromatic rings. The zero-order valence-corrected chi connectivity index (χ0v) is 12.6. The Kier molecular flexibility index (Phi) is 5.16. The Bertz CT molecular complexity index is 583. The third-order valence-electron chi connectivity index (χ3n) is 3.11. The molecular formula is C16H18N2OS. The number of likely N-dealkylation sites (N-methyl/N-ethyl adjacent to an activating group) is 1. The van der Waals surface area contributed by atoms with Crippen molar-refractivity contribution in [1.29, 1.82) is 5.26 Å². The largest absolute Gasteiger partial charge is 0.492 e. The Morgan fingerprint density at radius 3 is 2.60 bits per heavy atom. The van der Waals surface area contributed by atoms with E-state index in [1.807, 2.05) is 12.1 Å². The Balaban J connectivity index is 1.75. The van der Waals surface area contributed by atoms with E-state index in [0.29, 0.717) is 12.2 Å². The number of rotatable bonds is 6. The molecule has 20 heavy (non-hydrogen) atoms. The molecule has 0 fully saturated rings. The van der Waals surface area contributed by atoms with Crippen LogP contribution in [0.5, 0.6) is 5.75 Å². The lowest BCUT2D eigenvalue weighted by Crippen LogP contribution is -2.23. The van der Waals surface area contributed by atoms with Crippen molar-refractivity contribution in [3.8, 4) is 11.8 Å². The molecule has 0 saturated heterocycles. The summed E-state index contributed by atoms with van der Waals surface area (Å²) < 4.78 is 5.68. The van der Waals surface area contributed by atoms with E-state index in [1.165, 1.54) is 10.4 Å². The van der Waals surface area contributed by atoms with Gasteiger partial charge in [0.1, 0.15) is 12.4 Å². The predicted molar refractivity (Wildman–Crippen MR) is 82.0 cm³/mol. The standard InChI is InChI=1S/C16H18N2OS/c1-13-7-10-20-16(13)12-18(2)8-9-19-15-5-3-14(11-17)4-6-15/h3-7,10H,8-9,12H2,1-2H3. The Morgan fingerprint density at radius 1 is 1.25 bits per heavy atom. The van der Waals surface area contributed by atoms with E-state index in [2.05, 4.69) is 36.4 Å². The minimum absolute atomic E-state index is 0.646. The van der Waals surface area contributed by atoms with Gasteiger partial charge in [0.15, 0.2) is 0 Å². The highest BCUT2D eigenvalue weighted by Crippen LogP contribution is 2.17. The topological polar surface area (TPSA) is 36.3 Å².